The van der Waals surface area contributed by atoms with Crippen molar-refractivity contribution >= 4 is 35.4 Å². The van der Waals surface area contributed by atoms with Crippen LogP contribution in [0.2, 0.25) is 0 Å². The molecule has 0 aliphatic rings. The summed E-state index contributed by atoms with van der Waals surface area (Å²) in [6.07, 6.45) is 0. The number of hydrogen-bond donors (Lipinski definition) is 4. The summed E-state index contributed by atoms with van der Waals surface area (Å²) in [5.74, 6) is -1.01. The van der Waals surface area contributed by atoms with E-state index in [-0.39, 0.29) is 23.5 Å². The zero-order valence-electron chi connectivity index (χ0n) is 14.5. The quantitative estimate of drug-likeness (QED) is 0.208. The highest BCUT2D eigenvalue weighted by Crippen LogP contribution is 1.75. The molecule has 0 fully saturated rings. The molecule has 0 saturated carbocycles. The Labute approximate surface area is 139 Å². The third-order valence-corrected chi connectivity index (χ3v) is 1.05. The molecule has 0 atom stereocenters. The van der Waals surface area contributed by atoms with E-state index in [1.165, 1.54) is 41.5 Å². The molecule has 0 aliphatic heterocycles. The Morgan fingerprint density at radius 3 is 1.00 bits per heavy atom. The van der Waals surface area contributed by atoms with Crippen molar-refractivity contribution in [3.05, 3.63) is 0 Å². The summed E-state index contributed by atoms with van der Waals surface area (Å²) >= 11 is 0. The fourth-order valence-corrected chi connectivity index (χ4v) is 0.449. The summed E-state index contributed by atoms with van der Waals surface area (Å²) in [5, 5.41) is 6.34. The third kappa shape index (κ3) is 42.8. The number of rotatable bonds is 2. The second-order valence-corrected chi connectivity index (χ2v) is 3.99. The molecule has 0 saturated heterocycles. The number of amidine groups is 2. The Morgan fingerprint density at radius 1 is 0.667 bits per heavy atom. The molecule has 0 bridgehead atoms. The summed E-state index contributed by atoms with van der Waals surface area (Å²) in [7, 11) is 0. The number of amides is 2. The number of oxime groups is 2. The average molecular weight is 348 g/mol. The molecule has 0 radical (unpaired) electrons. The van der Waals surface area contributed by atoms with Crippen LogP contribution in [0.4, 0.5) is 0 Å². The van der Waals surface area contributed by atoms with Crippen LogP contribution in [-0.2, 0) is 28.9 Å². The van der Waals surface area contributed by atoms with E-state index in [9.17, 15) is 19.2 Å². The Morgan fingerprint density at radius 2 is 0.917 bits per heavy atom. The number of carbonyl (C=O) groups excluding carboxylic acids is 4. The maximum atomic E-state index is 10.0. The van der Waals surface area contributed by atoms with E-state index < -0.39 is 11.9 Å². The molecule has 24 heavy (non-hydrogen) atoms. The molecule has 2 amide bonds. The van der Waals surface area contributed by atoms with Crippen LogP contribution in [0.25, 0.3) is 0 Å². The van der Waals surface area contributed by atoms with Gasteiger partial charge in [-0.1, -0.05) is 10.3 Å². The van der Waals surface area contributed by atoms with Crippen LogP contribution in [0, 0.1) is 0 Å². The molecule has 6 N–H and O–H groups in total. The fourth-order valence-electron chi connectivity index (χ4n) is 0.449. The smallest absolute Gasteiger partial charge is 0.332 e. The minimum absolute atomic E-state index is 0.236. The monoisotopic (exact) mass is 348 g/mol. The van der Waals surface area contributed by atoms with E-state index in [4.69, 9.17) is 11.5 Å². The second kappa shape index (κ2) is 16.2. The zero-order valence-corrected chi connectivity index (χ0v) is 14.5. The number of hydrogen-bond acceptors (Lipinski definition) is 8. The minimum Gasteiger partial charge on any atom is -0.385 e. The molecule has 12 heteroatoms. The van der Waals surface area contributed by atoms with Crippen molar-refractivity contribution in [1.82, 2.24) is 10.9 Å². The molecule has 12 nitrogen and oxygen atoms in total. The Kier molecular flexibility index (Phi) is 17.4. The normalized spacial score (nSPS) is 9.92. The van der Waals surface area contributed by atoms with Gasteiger partial charge in [0.2, 0.25) is 11.8 Å². The van der Waals surface area contributed by atoms with Gasteiger partial charge in [-0.3, -0.25) is 20.4 Å². The first-order valence-corrected chi connectivity index (χ1v) is 6.36. The van der Waals surface area contributed by atoms with Crippen LogP contribution in [0.1, 0.15) is 41.5 Å². The van der Waals surface area contributed by atoms with Crippen molar-refractivity contribution < 1.29 is 28.9 Å². The standard InChI is InChI=1S/3C4H8N2O2/c1-3(7)5-6-4(2)8;2*1-3(5)6-8-4(2)7/h1-2H3,(H,5,7)(H,6,8);2*1-2H3,(H2,5,6). The predicted octanol–water partition coefficient (Wildman–Crippen LogP) is -1.14. The van der Waals surface area contributed by atoms with E-state index in [1.54, 1.807) is 0 Å². The molecular weight excluding hydrogens is 324 g/mol. The Balaban J connectivity index is -0.000000276. The highest BCUT2D eigenvalue weighted by atomic mass is 16.7. The van der Waals surface area contributed by atoms with Gasteiger partial charge < -0.3 is 21.1 Å². The first-order valence-electron chi connectivity index (χ1n) is 6.36. The first-order chi connectivity index (χ1) is 10.9. The van der Waals surface area contributed by atoms with E-state index in [0.29, 0.717) is 0 Å². The van der Waals surface area contributed by atoms with E-state index in [2.05, 4.69) is 30.8 Å². The minimum atomic E-state index is -0.463. The van der Waals surface area contributed by atoms with Crippen LogP contribution >= 0.6 is 0 Å². The van der Waals surface area contributed by atoms with Gasteiger partial charge in [-0.2, -0.15) is 0 Å². The molecule has 0 aliphatic carbocycles. The highest BCUT2D eigenvalue weighted by molar-refractivity contribution is 5.79. The van der Waals surface area contributed by atoms with Crippen LogP contribution in [0.15, 0.2) is 10.3 Å². The van der Waals surface area contributed by atoms with Gasteiger partial charge in [-0.15, -0.1) is 0 Å². The van der Waals surface area contributed by atoms with Gasteiger partial charge in [-0.25, -0.2) is 9.59 Å². The first kappa shape index (κ1) is 25.8. The maximum absolute atomic E-state index is 10.0. The van der Waals surface area contributed by atoms with Gasteiger partial charge in [0.25, 0.3) is 0 Å². The summed E-state index contributed by atoms with van der Waals surface area (Å²) in [6.45, 7) is 8.20. The zero-order chi connectivity index (χ0) is 19.7. The molecule has 0 aromatic heterocycles. The summed E-state index contributed by atoms with van der Waals surface area (Å²) in [4.78, 5) is 48.2. The van der Waals surface area contributed by atoms with Gasteiger partial charge in [0.05, 0.1) is 0 Å². The predicted molar refractivity (Wildman–Crippen MR) is 85.8 cm³/mol. The van der Waals surface area contributed by atoms with Crippen LogP contribution in [-0.4, -0.2) is 35.4 Å². The Hall–Kier alpha value is -3.18. The summed E-state index contributed by atoms with van der Waals surface area (Å²) in [5.41, 5.74) is 14.2. The molecule has 0 spiro atoms. The molecule has 0 aromatic rings. The second-order valence-electron chi connectivity index (χ2n) is 3.99. The Bertz CT molecular complexity index is 436. The van der Waals surface area contributed by atoms with Crippen molar-refractivity contribution in [1.29, 1.82) is 0 Å². The van der Waals surface area contributed by atoms with Crippen LogP contribution < -0.4 is 22.3 Å². The molecular formula is C12H24N6O6. The van der Waals surface area contributed by atoms with Crippen molar-refractivity contribution in [2.45, 2.75) is 41.5 Å². The molecule has 0 rings (SSSR count). The number of nitrogens with one attached hydrogen (secondary N) is 2. The van der Waals surface area contributed by atoms with E-state index >= 15 is 0 Å². The van der Waals surface area contributed by atoms with E-state index in [0.717, 1.165) is 0 Å². The van der Waals surface area contributed by atoms with Gasteiger partial charge in [-0.05, 0) is 13.8 Å². The van der Waals surface area contributed by atoms with Crippen molar-refractivity contribution in [3.8, 4) is 0 Å². The van der Waals surface area contributed by atoms with Gasteiger partial charge in [0.15, 0.2) is 0 Å². The molecule has 138 valence electrons. The van der Waals surface area contributed by atoms with Gasteiger partial charge in [0.1, 0.15) is 11.7 Å². The van der Waals surface area contributed by atoms with Gasteiger partial charge in [0, 0.05) is 27.7 Å². The van der Waals surface area contributed by atoms with E-state index in [1.807, 2.05) is 0 Å². The van der Waals surface area contributed by atoms with Crippen LogP contribution in [0.5, 0.6) is 0 Å². The molecule has 0 aromatic carbocycles. The SMILES string of the molecule is CC(=O)NNC(C)=O.CC(=O)O/N=C(/C)N.CC(=O)O/N=C(/C)N. The lowest BCUT2D eigenvalue weighted by Gasteiger charge is -1.97. The van der Waals surface area contributed by atoms with Crippen LogP contribution in [0.3, 0.4) is 0 Å². The summed E-state index contributed by atoms with van der Waals surface area (Å²) < 4.78 is 0. The largest absolute Gasteiger partial charge is 0.385 e. The number of nitrogens with zero attached hydrogens (tertiary/aromatic N) is 2. The summed E-state index contributed by atoms with van der Waals surface area (Å²) in [6, 6.07) is 0. The molecule has 0 unspecified atom stereocenters. The molecule has 0 heterocycles. The topological polar surface area (TPSA) is 188 Å². The fraction of sp³-hybridized carbons (Fsp3) is 0.500. The van der Waals surface area contributed by atoms with Crippen molar-refractivity contribution in [2.24, 2.45) is 21.8 Å². The van der Waals surface area contributed by atoms with Crippen molar-refractivity contribution in [3.63, 3.8) is 0 Å². The third-order valence-electron chi connectivity index (χ3n) is 1.05. The number of nitrogens with two attached hydrogens (primary N) is 2. The maximum Gasteiger partial charge on any atom is 0.332 e. The van der Waals surface area contributed by atoms with Crippen molar-refractivity contribution in [2.75, 3.05) is 0 Å². The average Bonchev–Trinajstić information content (AvgIpc) is 2.42. The lowest BCUT2D eigenvalue weighted by atomic mass is 10.7. The number of hydrazine groups is 1. The lowest BCUT2D eigenvalue weighted by Crippen LogP contribution is -2.38. The highest BCUT2D eigenvalue weighted by Gasteiger charge is 1.89. The lowest BCUT2D eigenvalue weighted by molar-refractivity contribution is -0.141. The van der Waals surface area contributed by atoms with Gasteiger partial charge >= 0.3 is 11.9 Å². The number of carbonyl (C=O) groups is 4.